The number of carboxylic acids is 1. The summed E-state index contributed by atoms with van der Waals surface area (Å²) in [6.07, 6.45) is 0.543. The Morgan fingerprint density at radius 2 is 2.55 bits per heavy atom. The lowest BCUT2D eigenvalue weighted by atomic mass is 10.2. The average molecular weight is 155 g/mol. The first kappa shape index (κ1) is 7.59. The summed E-state index contributed by atoms with van der Waals surface area (Å²) in [5.74, 6) is -0.427. The summed E-state index contributed by atoms with van der Waals surface area (Å²) in [4.78, 5) is 10.1. The predicted octanol–water partition coefficient (Wildman–Crippen LogP) is 0.00910. The Labute approximate surface area is 63.2 Å². The van der Waals surface area contributed by atoms with Crippen molar-refractivity contribution in [3.05, 3.63) is 11.8 Å². The van der Waals surface area contributed by atoms with Crippen LogP contribution >= 0.6 is 0 Å². The Bertz CT molecular complexity index is 256. The van der Waals surface area contributed by atoms with Crippen molar-refractivity contribution < 1.29 is 9.90 Å². The summed E-state index contributed by atoms with van der Waals surface area (Å²) in [7, 11) is 0. The van der Waals surface area contributed by atoms with E-state index < -0.39 is 5.97 Å². The van der Waals surface area contributed by atoms with Gasteiger partial charge in [-0.1, -0.05) is 0 Å². The summed E-state index contributed by atoms with van der Waals surface area (Å²) in [6.45, 7) is 0. The van der Waals surface area contributed by atoms with Gasteiger partial charge in [-0.2, -0.15) is 5.10 Å². The molecule has 0 aromatic carbocycles. The lowest BCUT2D eigenvalue weighted by Gasteiger charge is -1.89. The van der Waals surface area contributed by atoms with E-state index in [0.717, 1.165) is 5.69 Å². The van der Waals surface area contributed by atoms with Gasteiger partial charge in [0.2, 0.25) is 0 Å². The van der Waals surface area contributed by atoms with E-state index in [1.54, 1.807) is 6.07 Å². The number of carbonyl (C=O) groups is 1. The number of hydrogen-bond acceptors (Lipinski definition) is 3. The van der Waals surface area contributed by atoms with E-state index in [9.17, 15) is 4.79 Å². The number of rotatable bonds is 3. The standard InChI is InChI=1S/C6H9N3O2/c7-5-3-4(8-9-5)1-2-6(10)11/h3H,1-2H2,(H,10,11)(H3,7,8,9). The van der Waals surface area contributed by atoms with Crippen molar-refractivity contribution in [2.45, 2.75) is 12.8 Å². The fraction of sp³-hybridized carbons (Fsp3) is 0.333. The molecule has 0 fully saturated rings. The van der Waals surface area contributed by atoms with Gasteiger partial charge in [0, 0.05) is 11.8 Å². The molecule has 0 atom stereocenters. The van der Waals surface area contributed by atoms with E-state index in [0.29, 0.717) is 12.2 Å². The second-order valence-corrected chi connectivity index (χ2v) is 2.21. The highest BCUT2D eigenvalue weighted by Crippen LogP contribution is 2.02. The topological polar surface area (TPSA) is 92.0 Å². The number of nitrogens with one attached hydrogen (secondary N) is 1. The Morgan fingerprint density at radius 1 is 1.82 bits per heavy atom. The number of nitrogens with zero attached hydrogens (tertiary/aromatic N) is 1. The van der Waals surface area contributed by atoms with Gasteiger partial charge in [0.15, 0.2) is 0 Å². The van der Waals surface area contributed by atoms with Gasteiger partial charge in [0.25, 0.3) is 0 Å². The van der Waals surface area contributed by atoms with Crippen LogP contribution in [0.5, 0.6) is 0 Å². The molecule has 0 unspecified atom stereocenters. The molecule has 0 saturated carbocycles. The number of anilines is 1. The zero-order valence-corrected chi connectivity index (χ0v) is 5.87. The molecule has 4 N–H and O–H groups in total. The third kappa shape index (κ3) is 2.29. The van der Waals surface area contributed by atoms with Crippen LogP contribution in [-0.2, 0) is 11.2 Å². The van der Waals surface area contributed by atoms with Gasteiger partial charge in [-0.3, -0.25) is 9.89 Å². The van der Waals surface area contributed by atoms with Crippen LogP contribution in [0.1, 0.15) is 12.1 Å². The van der Waals surface area contributed by atoms with Gasteiger partial charge in [0.05, 0.1) is 6.42 Å². The molecule has 1 aromatic rings. The fourth-order valence-corrected chi connectivity index (χ4v) is 0.749. The Balaban J connectivity index is 2.45. The molecule has 60 valence electrons. The van der Waals surface area contributed by atoms with Crippen LogP contribution in [0.3, 0.4) is 0 Å². The van der Waals surface area contributed by atoms with Gasteiger partial charge in [-0.15, -0.1) is 0 Å². The second-order valence-electron chi connectivity index (χ2n) is 2.21. The fourth-order valence-electron chi connectivity index (χ4n) is 0.749. The average Bonchev–Trinajstić information content (AvgIpc) is 2.31. The van der Waals surface area contributed by atoms with E-state index in [1.807, 2.05) is 0 Å². The number of nitrogens with two attached hydrogens (primary N) is 1. The van der Waals surface area contributed by atoms with E-state index in [1.165, 1.54) is 0 Å². The molecule has 0 bridgehead atoms. The van der Waals surface area contributed by atoms with Gasteiger partial charge < -0.3 is 10.8 Å². The predicted molar refractivity (Wildman–Crippen MR) is 39.0 cm³/mol. The zero-order valence-electron chi connectivity index (χ0n) is 5.87. The molecule has 1 heterocycles. The lowest BCUT2D eigenvalue weighted by molar-refractivity contribution is -0.136. The van der Waals surface area contributed by atoms with Gasteiger partial charge in [0.1, 0.15) is 5.82 Å². The number of H-pyrrole nitrogens is 1. The van der Waals surface area contributed by atoms with Crippen LogP contribution in [0.4, 0.5) is 5.82 Å². The summed E-state index contributed by atoms with van der Waals surface area (Å²) in [5, 5.41) is 14.6. The maximum absolute atomic E-state index is 10.1. The highest BCUT2D eigenvalue weighted by atomic mass is 16.4. The monoisotopic (exact) mass is 155 g/mol. The molecule has 0 aliphatic heterocycles. The van der Waals surface area contributed by atoms with Crippen molar-refractivity contribution in [1.82, 2.24) is 10.2 Å². The first-order valence-electron chi connectivity index (χ1n) is 3.20. The number of carboxylic acid groups (broad SMARTS) is 1. The highest BCUT2D eigenvalue weighted by molar-refractivity contribution is 5.67. The third-order valence-corrected chi connectivity index (χ3v) is 1.26. The highest BCUT2D eigenvalue weighted by Gasteiger charge is 2.00. The molecular formula is C6H9N3O2. The molecule has 0 aliphatic rings. The van der Waals surface area contributed by atoms with E-state index in [4.69, 9.17) is 10.8 Å². The molecule has 1 rings (SSSR count). The van der Waals surface area contributed by atoms with Crippen LogP contribution in [-0.4, -0.2) is 21.3 Å². The van der Waals surface area contributed by atoms with Gasteiger partial charge >= 0.3 is 5.97 Å². The van der Waals surface area contributed by atoms with Gasteiger partial charge in [-0.25, -0.2) is 0 Å². The molecule has 0 saturated heterocycles. The van der Waals surface area contributed by atoms with Crippen LogP contribution in [0, 0.1) is 0 Å². The summed E-state index contributed by atoms with van der Waals surface area (Å²) >= 11 is 0. The van der Waals surface area contributed by atoms with Crippen molar-refractivity contribution >= 4 is 11.8 Å². The van der Waals surface area contributed by atoms with Crippen LogP contribution < -0.4 is 5.73 Å². The summed E-state index contributed by atoms with van der Waals surface area (Å²) in [6, 6.07) is 1.63. The first-order chi connectivity index (χ1) is 5.18. The van der Waals surface area contributed by atoms with Crippen LogP contribution in [0.25, 0.3) is 0 Å². The molecule has 0 amide bonds. The minimum atomic E-state index is -0.821. The lowest BCUT2D eigenvalue weighted by Crippen LogP contribution is -1.97. The molecule has 5 nitrogen and oxygen atoms in total. The molecule has 0 radical (unpaired) electrons. The third-order valence-electron chi connectivity index (χ3n) is 1.26. The van der Waals surface area contributed by atoms with Crippen molar-refractivity contribution in [2.75, 3.05) is 5.73 Å². The summed E-state index contributed by atoms with van der Waals surface area (Å²) < 4.78 is 0. The molecule has 0 spiro atoms. The Hall–Kier alpha value is -1.52. The largest absolute Gasteiger partial charge is 0.481 e. The SMILES string of the molecule is Nc1cc(CCC(=O)O)[nH]n1. The van der Waals surface area contributed by atoms with Crippen molar-refractivity contribution in [3.8, 4) is 0 Å². The minimum absolute atomic E-state index is 0.0988. The van der Waals surface area contributed by atoms with Crippen molar-refractivity contribution in [2.24, 2.45) is 0 Å². The Morgan fingerprint density at radius 3 is 3.00 bits per heavy atom. The normalized spacial score (nSPS) is 9.82. The first-order valence-corrected chi connectivity index (χ1v) is 3.20. The second kappa shape index (κ2) is 3.05. The molecule has 0 aliphatic carbocycles. The maximum Gasteiger partial charge on any atom is 0.303 e. The van der Waals surface area contributed by atoms with Crippen LogP contribution in [0.2, 0.25) is 0 Å². The number of aromatic nitrogens is 2. The molecular weight excluding hydrogens is 146 g/mol. The Kier molecular flexibility index (Phi) is 2.10. The molecule has 1 aromatic heterocycles. The maximum atomic E-state index is 10.1. The smallest absolute Gasteiger partial charge is 0.303 e. The van der Waals surface area contributed by atoms with Gasteiger partial charge in [-0.05, 0) is 6.42 Å². The zero-order chi connectivity index (χ0) is 8.27. The molecule has 5 heteroatoms. The van der Waals surface area contributed by atoms with E-state index >= 15 is 0 Å². The summed E-state index contributed by atoms with van der Waals surface area (Å²) in [5.41, 5.74) is 6.05. The molecule has 11 heavy (non-hydrogen) atoms. The number of aromatic amines is 1. The van der Waals surface area contributed by atoms with E-state index in [2.05, 4.69) is 10.2 Å². The number of nitrogen functional groups attached to an aromatic ring is 1. The number of aryl methyl sites for hydroxylation is 1. The minimum Gasteiger partial charge on any atom is -0.481 e. The van der Waals surface area contributed by atoms with Crippen LogP contribution in [0.15, 0.2) is 6.07 Å². The number of aliphatic carboxylic acids is 1. The quantitative estimate of drug-likeness (QED) is 0.573. The van der Waals surface area contributed by atoms with Crippen molar-refractivity contribution in [1.29, 1.82) is 0 Å². The van der Waals surface area contributed by atoms with Crippen molar-refractivity contribution in [3.63, 3.8) is 0 Å². The van der Waals surface area contributed by atoms with E-state index in [-0.39, 0.29) is 6.42 Å². The number of hydrogen-bond donors (Lipinski definition) is 3.